The topological polar surface area (TPSA) is 67.3 Å². The quantitative estimate of drug-likeness (QED) is 0.436. The van der Waals surface area contributed by atoms with E-state index in [1.54, 1.807) is 23.1 Å². The molecule has 0 N–H and O–H groups in total. The molecule has 3 rings (SSSR count). The number of alkyl halides is 1. The molecule has 1 aliphatic rings. The van der Waals surface area contributed by atoms with Gasteiger partial charge in [0.15, 0.2) is 9.84 Å². The van der Waals surface area contributed by atoms with E-state index in [1.165, 1.54) is 12.1 Å². The molecule has 0 radical (unpaired) electrons. The van der Waals surface area contributed by atoms with Gasteiger partial charge in [-0.25, -0.2) is 13.4 Å². The standard InChI is InChI=1S/C19H18Cl4N2O3S/c1-11-5-12(20)9-25(8-11)19(26)17-4-2-3-13(24-17)10-29(27,28)18-7-15(22)14(21)6-16(18)23/h2-4,6-7,11-12H,5,8-10H2,1H3. The molecule has 5 nitrogen and oxygen atoms in total. The van der Waals surface area contributed by atoms with Gasteiger partial charge in [-0.15, -0.1) is 11.6 Å². The molecule has 2 aromatic rings. The summed E-state index contributed by atoms with van der Waals surface area (Å²) < 4.78 is 25.6. The number of hydrogen-bond acceptors (Lipinski definition) is 4. The normalized spacial score (nSPS) is 20.0. The van der Waals surface area contributed by atoms with Crippen molar-refractivity contribution in [2.75, 3.05) is 13.1 Å². The fourth-order valence-corrected chi connectivity index (χ4v) is 6.09. The van der Waals surface area contributed by atoms with Gasteiger partial charge < -0.3 is 4.90 Å². The number of hydrogen-bond donors (Lipinski definition) is 0. The molecule has 10 heteroatoms. The van der Waals surface area contributed by atoms with E-state index in [9.17, 15) is 13.2 Å². The molecule has 1 saturated heterocycles. The van der Waals surface area contributed by atoms with Crippen molar-refractivity contribution in [3.8, 4) is 0 Å². The zero-order valence-corrected chi connectivity index (χ0v) is 19.2. The second-order valence-electron chi connectivity index (χ2n) is 7.12. The number of carbonyl (C=O) groups excluding carboxylic acids is 1. The number of rotatable bonds is 4. The molecule has 1 aromatic carbocycles. The number of amides is 1. The molecule has 2 heterocycles. The Morgan fingerprint density at radius 3 is 2.52 bits per heavy atom. The van der Waals surface area contributed by atoms with Gasteiger partial charge in [0.1, 0.15) is 5.69 Å². The fraction of sp³-hybridized carbons (Fsp3) is 0.368. The lowest BCUT2D eigenvalue weighted by molar-refractivity contribution is 0.0680. The number of halogens is 4. The highest BCUT2D eigenvalue weighted by Crippen LogP contribution is 2.33. The van der Waals surface area contributed by atoms with Crippen LogP contribution in [-0.4, -0.2) is 42.7 Å². The van der Waals surface area contributed by atoms with Gasteiger partial charge >= 0.3 is 0 Å². The Bertz CT molecular complexity index is 1040. The SMILES string of the molecule is CC1CC(Cl)CN(C(=O)c2cccc(CS(=O)(=O)c3cc(Cl)c(Cl)cc3Cl)n2)C1. The first-order valence-corrected chi connectivity index (χ1v) is 12.1. The average Bonchev–Trinajstić information content (AvgIpc) is 2.63. The van der Waals surface area contributed by atoms with Gasteiger partial charge in [-0.3, -0.25) is 4.79 Å². The maximum absolute atomic E-state index is 12.8. The number of carbonyl (C=O) groups is 1. The van der Waals surface area contributed by atoms with Crippen molar-refractivity contribution in [1.29, 1.82) is 0 Å². The van der Waals surface area contributed by atoms with Crippen LogP contribution in [0.15, 0.2) is 35.2 Å². The van der Waals surface area contributed by atoms with Gasteiger partial charge in [0.25, 0.3) is 5.91 Å². The lowest BCUT2D eigenvalue weighted by Gasteiger charge is -2.33. The third-order valence-electron chi connectivity index (χ3n) is 4.57. The summed E-state index contributed by atoms with van der Waals surface area (Å²) in [4.78, 5) is 18.6. The van der Waals surface area contributed by atoms with Gasteiger partial charge in [0, 0.05) is 13.1 Å². The lowest BCUT2D eigenvalue weighted by atomic mass is 9.99. The third kappa shape index (κ3) is 5.36. The van der Waals surface area contributed by atoms with E-state index < -0.39 is 15.6 Å². The summed E-state index contributed by atoms with van der Waals surface area (Å²) in [6, 6.07) is 7.21. The van der Waals surface area contributed by atoms with Crippen LogP contribution < -0.4 is 0 Å². The molecule has 29 heavy (non-hydrogen) atoms. The van der Waals surface area contributed by atoms with Crippen molar-refractivity contribution in [2.24, 2.45) is 5.92 Å². The molecule has 0 aliphatic carbocycles. The second-order valence-corrected chi connectivity index (χ2v) is 10.9. The Hall–Kier alpha value is -1.05. The number of nitrogens with zero attached hydrogens (tertiary/aromatic N) is 2. The maximum Gasteiger partial charge on any atom is 0.272 e. The van der Waals surface area contributed by atoms with Crippen molar-refractivity contribution in [1.82, 2.24) is 9.88 Å². The molecule has 2 unspecified atom stereocenters. The van der Waals surface area contributed by atoms with Crippen molar-refractivity contribution >= 4 is 62.1 Å². The monoisotopic (exact) mass is 494 g/mol. The number of piperidine rings is 1. The summed E-state index contributed by atoms with van der Waals surface area (Å²) >= 11 is 24.1. The van der Waals surface area contributed by atoms with E-state index in [4.69, 9.17) is 46.4 Å². The van der Waals surface area contributed by atoms with E-state index in [0.717, 1.165) is 6.42 Å². The van der Waals surface area contributed by atoms with E-state index in [-0.39, 0.29) is 48.6 Å². The fourth-order valence-electron chi connectivity index (χ4n) is 3.30. The van der Waals surface area contributed by atoms with Crippen LogP contribution in [0.25, 0.3) is 0 Å². The van der Waals surface area contributed by atoms with Crippen molar-refractivity contribution in [3.63, 3.8) is 0 Å². The third-order valence-corrected chi connectivity index (χ3v) is 7.72. The molecule has 0 bridgehead atoms. The van der Waals surface area contributed by atoms with Crippen LogP contribution in [-0.2, 0) is 15.6 Å². The smallest absolute Gasteiger partial charge is 0.272 e. The Morgan fingerprint density at radius 2 is 1.83 bits per heavy atom. The first kappa shape index (κ1) is 22.6. The number of pyridine rings is 1. The van der Waals surface area contributed by atoms with Crippen LogP contribution in [0.2, 0.25) is 15.1 Å². The van der Waals surface area contributed by atoms with Crippen molar-refractivity contribution in [3.05, 3.63) is 56.8 Å². The van der Waals surface area contributed by atoms with Crippen LogP contribution in [0, 0.1) is 5.92 Å². The van der Waals surface area contributed by atoms with E-state index in [1.807, 2.05) is 6.92 Å². The molecule has 0 spiro atoms. The summed E-state index contributed by atoms with van der Waals surface area (Å²) in [6.07, 6.45) is 0.849. The highest BCUT2D eigenvalue weighted by atomic mass is 35.5. The average molecular weight is 496 g/mol. The van der Waals surface area contributed by atoms with Gasteiger partial charge in [-0.1, -0.05) is 47.8 Å². The van der Waals surface area contributed by atoms with Crippen molar-refractivity contribution in [2.45, 2.75) is 29.4 Å². The highest BCUT2D eigenvalue weighted by Gasteiger charge is 2.28. The van der Waals surface area contributed by atoms with Crippen molar-refractivity contribution < 1.29 is 13.2 Å². The van der Waals surface area contributed by atoms with Crippen LogP contribution in [0.4, 0.5) is 0 Å². The molecule has 2 atom stereocenters. The number of benzene rings is 1. The largest absolute Gasteiger partial charge is 0.336 e. The summed E-state index contributed by atoms with van der Waals surface area (Å²) in [7, 11) is -3.85. The van der Waals surface area contributed by atoms with Gasteiger partial charge in [0.2, 0.25) is 0 Å². The molecule has 1 amide bonds. The summed E-state index contributed by atoms with van der Waals surface area (Å²) in [5.74, 6) is -0.412. The predicted octanol–water partition coefficient (Wildman–Crippen LogP) is 5.11. The second kappa shape index (κ2) is 8.98. The van der Waals surface area contributed by atoms with E-state index >= 15 is 0 Å². The molecule has 1 fully saturated rings. The first-order valence-electron chi connectivity index (χ1n) is 8.83. The van der Waals surface area contributed by atoms with Gasteiger partial charge in [-0.2, -0.15) is 0 Å². The number of sulfone groups is 1. The Morgan fingerprint density at radius 1 is 1.14 bits per heavy atom. The maximum atomic E-state index is 12.8. The first-order chi connectivity index (χ1) is 13.6. The summed E-state index contributed by atoms with van der Waals surface area (Å²) in [5.41, 5.74) is 0.404. The van der Waals surface area contributed by atoms with Crippen LogP contribution in [0.5, 0.6) is 0 Å². The van der Waals surface area contributed by atoms with E-state index in [2.05, 4.69) is 4.98 Å². The highest BCUT2D eigenvalue weighted by molar-refractivity contribution is 7.90. The van der Waals surface area contributed by atoms with Crippen LogP contribution >= 0.6 is 46.4 Å². The molecular formula is C19H18Cl4N2O3S. The van der Waals surface area contributed by atoms with Crippen LogP contribution in [0.1, 0.15) is 29.5 Å². The minimum atomic E-state index is -3.85. The zero-order chi connectivity index (χ0) is 21.3. The van der Waals surface area contributed by atoms with Crippen LogP contribution in [0.3, 0.4) is 0 Å². The summed E-state index contributed by atoms with van der Waals surface area (Å²) in [5, 5.41) is 0.112. The minimum Gasteiger partial charge on any atom is -0.336 e. The molecule has 156 valence electrons. The predicted molar refractivity (Wildman–Crippen MR) is 116 cm³/mol. The van der Waals surface area contributed by atoms with E-state index in [0.29, 0.717) is 13.1 Å². The zero-order valence-electron chi connectivity index (χ0n) is 15.4. The molecule has 1 aliphatic heterocycles. The number of aromatic nitrogens is 1. The molecule has 1 aromatic heterocycles. The summed E-state index contributed by atoms with van der Waals surface area (Å²) in [6.45, 7) is 3.06. The minimum absolute atomic E-state index is 0.0258. The Labute approximate surface area is 189 Å². The Kier molecular flexibility index (Phi) is 7.01. The Balaban J connectivity index is 1.84. The van der Waals surface area contributed by atoms with Gasteiger partial charge in [0.05, 0.1) is 36.8 Å². The molecular weight excluding hydrogens is 478 g/mol. The lowest BCUT2D eigenvalue weighted by Crippen LogP contribution is -2.44. The molecule has 0 saturated carbocycles. The van der Waals surface area contributed by atoms with Gasteiger partial charge in [-0.05, 0) is 36.6 Å². The number of likely N-dealkylation sites (tertiary alicyclic amines) is 1.